The number of nitrogens with one attached hydrogen (secondary N) is 1. The second-order valence-electron chi connectivity index (χ2n) is 3.83. The highest BCUT2D eigenvalue weighted by molar-refractivity contribution is 6.36. The van der Waals surface area contributed by atoms with E-state index < -0.39 is 0 Å². The van der Waals surface area contributed by atoms with Crippen LogP contribution >= 0.6 is 34.8 Å². The van der Waals surface area contributed by atoms with Crippen molar-refractivity contribution in [3.05, 3.63) is 33.8 Å². The van der Waals surface area contributed by atoms with Crippen LogP contribution in [0.15, 0.2) is 18.2 Å². The monoisotopic (exact) mass is 293 g/mol. The van der Waals surface area contributed by atoms with Crippen molar-refractivity contribution >= 4 is 40.7 Å². The highest BCUT2D eigenvalue weighted by Gasteiger charge is 2.12. The van der Waals surface area contributed by atoms with Gasteiger partial charge in [0.15, 0.2) is 0 Å². The lowest BCUT2D eigenvalue weighted by Gasteiger charge is -2.13. The average molecular weight is 295 g/mol. The summed E-state index contributed by atoms with van der Waals surface area (Å²) in [5, 5.41) is 3.74. The van der Waals surface area contributed by atoms with Crippen molar-refractivity contribution in [2.45, 2.75) is 25.8 Å². The van der Waals surface area contributed by atoms with E-state index in [1.165, 1.54) is 0 Å². The third-order valence-electron chi connectivity index (χ3n) is 2.32. The van der Waals surface area contributed by atoms with Crippen molar-refractivity contribution in [2.75, 3.05) is 5.88 Å². The maximum Gasteiger partial charge on any atom is 0.253 e. The Bertz CT molecular complexity index is 395. The molecule has 1 N–H and O–H groups in total. The zero-order chi connectivity index (χ0) is 12.8. The van der Waals surface area contributed by atoms with E-state index in [1.54, 1.807) is 18.2 Å². The topological polar surface area (TPSA) is 29.1 Å². The molecule has 0 heterocycles. The summed E-state index contributed by atoms with van der Waals surface area (Å²) < 4.78 is 0. The Hall–Kier alpha value is -0.440. The number of carbonyl (C=O) groups excluding carboxylic acids is 1. The average Bonchev–Trinajstić information content (AvgIpc) is 2.26. The minimum atomic E-state index is -0.186. The van der Waals surface area contributed by atoms with Crippen LogP contribution in [0, 0.1) is 0 Å². The summed E-state index contributed by atoms with van der Waals surface area (Å²) in [4.78, 5) is 11.9. The predicted molar refractivity (Wildman–Crippen MR) is 73.3 cm³/mol. The fraction of sp³-hybridized carbons (Fsp3) is 0.417. The van der Waals surface area contributed by atoms with E-state index >= 15 is 0 Å². The Morgan fingerprint density at radius 3 is 2.71 bits per heavy atom. The van der Waals surface area contributed by atoms with Gasteiger partial charge in [0, 0.05) is 16.9 Å². The van der Waals surface area contributed by atoms with Gasteiger partial charge in [-0.1, -0.05) is 23.2 Å². The number of benzene rings is 1. The van der Waals surface area contributed by atoms with Crippen LogP contribution in [0.5, 0.6) is 0 Å². The summed E-state index contributed by atoms with van der Waals surface area (Å²) in [7, 11) is 0. The molecule has 94 valence electrons. The van der Waals surface area contributed by atoms with Gasteiger partial charge in [0.25, 0.3) is 5.91 Å². The minimum Gasteiger partial charge on any atom is -0.350 e. The number of halogens is 3. The minimum absolute atomic E-state index is 0.0768. The van der Waals surface area contributed by atoms with Crippen LogP contribution < -0.4 is 5.32 Å². The second kappa shape index (κ2) is 7.10. The van der Waals surface area contributed by atoms with Gasteiger partial charge >= 0.3 is 0 Å². The standard InChI is InChI=1S/C12H14Cl3NO/c1-8(3-2-6-13)16-12(17)10-5-4-9(14)7-11(10)15/h4-5,7-8H,2-3,6H2,1H3,(H,16,17). The quantitative estimate of drug-likeness (QED) is 0.813. The van der Waals surface area contributed by atoms with Crippen LogP contribution in [0.3, 0.4) is 0 Å². The lowest BCUT2D eigenvalue weighted by atomic mass is 10.1. The van der Waals surface area contributed by atoms with Crippen LogP contribution in [0.4, 0.5) is 0 Å². The number of hydrogen-bond acceptors (Lipinski definition) is 1. The van der Waals surface area contributed by atoms with Gasteiger partial charge < -0.3 is 5.32 Å². The van der Waals surface area contributed by atoms with Crippen LogP contribution in [0.1, 0.15) is 30.1 Å². The van der Waals surface area contributed by atoms with E-state index in [0.717, 1.165) is 12.8 Å². The van der Waals surface area contributed by atoms with Crippen molar-refractivity contribution < 1.29 is 4.79 Å². The summed E-state index contributed by atoms with van der Waals surface area (Å²) in [6.07, 6.45) is 1.72. The fourth-order valence-corrected chi connectivity index (χ4v) is 2.08. The van der Waals surface area contributed by atoms with Gasteiger partial charge in [0.2, 0.25) is 0 Å². The molecule has 0 aromatic heterocycles. The molecule has 1 amide bonds. The maximum atomic E-state index is 11.9. The molecule has 0 aliphatic heterocycles. The molecule has 0 saturated carbocycles. The Labute approximate surface area is 116 Å². The number of amides is 1. The van der Waals surface area contributed by atoms with Crippen LogP contribution in [0.2, 0.25) is 10.0 Å². The van der Waals surface area contributed by atoms with E-state index in [9.17, 15) is 4.79 Å². The highest BCUT2D eigenvalue weighted by Crippen LogP contribution is 2.21. The largest absolute Gasteiger partial charge is 0.350 e. The molecule has 0 saturated heterocycles. The van der Waals surface area contributed by atoms with Gasteiger partial charge in [0.05, 0.1) is 10.6 Å². The van der Waals surface area contributed by atoms with Crippen LogP contribution in [-0.2, 0) is 0 Å². The van der Waals surface area contributed by atoms with E-state index in [2.05, 4.69) is 5.32 Å². The van der Waals surface area contributed by atoms with Crippen LogP contribution in [-0.4, -0.2) is 17.8 Å². The first kappa shape index (κ1) is 14.6. The van der Waals surface area contributed by atoms with Gasteiger partial charge in [-0.3, -0.25) is 4.79 Å². The van der Waals surface area contributed by atoms with Crippen LogP contribution in [0.25, 0.3) is 0 Å². The molecule has 2 nitrogen and oxygen atoms in total. The zero-order valence-electron chi connectivity index (χ0n) is 9.47. The third kappa shape index (κ3) is 4.74. The molecule has 0 bridgehead atoms. The van der Waals surface area contributed by atoms with Crippen molar-refractivity contribution in [3.63, 3.8) is 0 Å². The third-order valence-corrected chi connectivity index (χ3v) is 3.14. The highest BCUT2D eigenvalue weighted by atomic mass is 35.5. The van der Waals surface area contributed by atoms with E-state index in [1.807, 2.05) is 6.92 Å². The Morgan fingerprint density at radius 1 is 1.41 bits per heavy atom. The van der Waals surface area contributed by atoms with Gasteiger partial charge in [0.1, 0.15) is 0 Å². The first-order chi connectivity index (χ1) is 8.04. The van der Waals surface area contributed by atoms with Gasteiger partial charge in [-0.15, -0.1) is 11.6 Å². The summed E-state index contributed by atoms with van der Waals surface area (Å²) >= 11 is 17.3. The van der Waals surface area contributed by atoms with E-state index in [0.29, 0.717) is 21.5 Å². The lowest BCUT2D eigenvalue weighted by molar-refractivity contribution is 0.0938. The van der Waals surface area contributed by atoms with Gasteiger partial charge in [-0.05, 0) is 38.0 Å². The molecule has 0 aliphatic rings. The van der Waals surface area contributed by atoms with Crippen molar-refractivity contribution in [1.29, 1.82) is 0 Å². The number of rotatable bonds is 5. The van der Waals surface area contributed by atoms with Crippen molar-refractivity contribution in [2.24, 2.45) is 0 Å². The Kier molecular flexibility index (Phi) is 6.10. The summed E-state index contributed by atoms with van der Waals surface area (Å²) in [5.41, 5.74) is 0.439. The van der Waals surface area contributed by atoms with E-state index in [-0.39, 0.29) is 11.9 Å². The van der Waals surface area contributed by atoms with Crippen molar-refractivity contribution in [3.8, 4) is 0 Å². The van der Waals surface area contributed by atoms with Gasteiger partial charge in [-0.2, -0.15) is 0 Å². The van der Waals surface area contributed by atoms with Crippen molar-refractivity contribution in [1.82, 2.24) is 5.32 Å². The first-order valence-corrected chi connectivity index (χ1v) is 6.65. The molecule has 0 aliphatic carbocycles. The summed E-state index contributed by atoms with van der Waals surface area (Å²) in [6, 6.07) is 4.90. The normalized spacial score (nSPS) is 12.2. The van der Waals surface area contributed by atoms with E-state index in [4.69, 9.17) is 34.8 Å². The molecule has 0 radical (unpaired) electrons. The number of alkyl halides is 1. The molecule has 1 aromatic carbocycles. The molecule has 0 fully saturated rings. The molecule has 17 heavy (non-hydrogen) atoms. The summed E-state index contributed by atoms with van der Waals surface area (Å²) in [5.74, 6) is 0.413. The summed E-state index contributed by atoms with van der Waals surface area (Å²) in [6.45, 7) is 1.94. The molecule has 1 atom stereocenters. The fourth-order valence-electron chi connectivity index (χ4n) is 1.43. The number of hydrogen-bond donors (Lipinski definition) is 1. The Balaban J connectivity index is 2.63. The molecule has 1 aromatic rings. The predicted octanol–water partition coefficient (Wildman–Crippen LogP) is 4.13. The molecule has 1 unspecified atom stereocenters. The molecule has 1 rings (SSSR count). The molecular weight excluding hydrogens is 280 g/mol. The molecule has 5 heteroatoms. The molecular formula is C12H14Cl3NO. The Morgan fingerprint density at radius 2 is 2.12 bits per heavy atom. The first-order valence-electron chi connectivity index (χ1n) is 5.36. The number of carbonyl (C=O) groups is 1. The maximum absolute atomic E-state index is 11.9. The zero-order valence-corrected chi connectivity index (χ0v) is 11.7. The SMILES string of the molecule is CC(CCCCl)NC(=O)c1ccc(Cl)cc1Cl. The lowest BCUT2D eigenvalue weighted by Crippen LogP contribution is -2.32. The molecule has 0 spiro atoms. The smallest absolute Gasteiger partial charge is 0.253 e. The van der Waals surface area contributed by atoms with Gasteiger partial charge in [-0.25, -0.2) is 0 Å². The second-order valence-corrected chi connectivity index (χ2v) is 5.05.